The van der Waals surface area contributed by atoms with Crippen LogP contribution in [0.4, 0.5) is 0 Å². The topological polar surface area (TPSA) is 21.3 Å². The van der Waals surface area contributed by atoms with Crippen LogP contribution >= 0.6 is 0 Å². The van der Waals surface area contributed by atoms with Crippen molar-refractivity contribution in [3.05, 3.63) is 0 Å². The monoisotopic (exact) mass is 173 g/mol. The number of rotatable bonds is 5. The van der Waals surface area contributed by atoms with Crippen LogP contribution in [0, 0.1) is 0 Å². The third kappa shape index (κ3) is 8.02. The van der Waals surface area contributed by atoms with Crippen molar-refractivity contribution in [2.75, 3.05) is 13.2 Å². The van der Waals surface area contributed by atoms with E-state index < -0.39 is 0 Å². The van der Waals surface area contributed by atoms with E-state index in [2.05, 4.69) is 33.0 Å². The van der Waals surface area contributed by atoms with Gasteiger partial charge in [0, 0.05) is 12.1 Å². The van der Waals surface area contributed by atoms with Crippen molar-refractivity contribution in [3.8, 4) is 0 Å². The van der Waals surface area contributed by atoms with Gasteiger partial charge in [0.25, 0.3) is 0 Å². The van der Waals surface area contributed by atoms with Gasteiger partial charge in [-0.1, -0.05) is 0 Å². The highest BCUT2D eigenvalue weighted by Crippen LogP contribution is 2.01. The molecule has 0 radical (unpaired) electrons. The van der Waals surface area contributed by atoms with Gasteiger partial charge in [0.1, 0.15) is 0 Å². The molecule has 2 heteroatoms. The van der Waals surface area contributed by atoms with Gasteiger partial charge < -0.3 is 10.1 Å². The highest BCUT2D eigenvalue weighted by atomic mass is 16.5. The van der Waals surface area contributed by atoms with E-state index in [0.717, 1.165) is 19.6 Å². The Morgan fingerprint density at radius 2 is 1.92 bits per heavy atom. The Morgan fingerprint density at radius 1 is 1.33 bits per heavy atom. The molecule has 0 aromatic heterocycles. The maximum absolute atomic E-state index is 5.42. The first-order valence-electron chi connectivity index (χ1n) is 4.82. The molecule has 74 valence electrons. The second-order valence-corrected chi connectivity index (χ2v) is 4.23. The molecule has 0 aromatic rings. The molecule has 0 aromatic carbocycles. The summed E-state index contributed by atoms with van der Waals surface area (Å²) in [5.41, 5.74) is 0.228. The fourth-order valence-electron chi connectivity index (χ4n) is 1.02. The van der Waals surface area contributed by atoms with E-state index in [-0.39, 0.29) is 5.54 Å². The lowest BCUT2D eigenvalue weighted by molar-refractivity contribution is 0.0693. The van der Waals surface area contributed by atoms with Gasteiger partial charge in [-0.3, -0.25) is 0 Å². The van der Waals surface area contributed by atoms with E-state index in [1.165, 1.54) is 0 Å². The standard InChI is InChI=1S/C10H23NO/c1-6-12-9(2)7-8-11-10(3,4)5/h9,11H,6-8H2,1-5H3. The van der Waals surface area contributed by atoms with E-state index in [9.17, 15) is 0 Å². The van der Waals surface area contributed by atoms with Crippen LogP contribution in [0.5, 0.6) is 0 Å². The number of nitrogens with one attached hydrogen (secondary N) is 1. The summed E-state index contributed by atoms with van der Waals surface area (Å²) in [5, 5.41) is 3.43. The first-order chi connectivity index (χ1) is 5.45. The van der Waals surface area contributed by atoms with Gasteiger partial charge in [-0.25, -0.2) is 0 Å². The molecule has 0 bridgehead atoms. The third-order valence-corrected chi connectivity index (χ3v) is 1.66. The highest BCUT2D eigenvalue weighted by Gasteiger charge is 2.08. The molecule has 0 aliphatic rings. The van der Waals surface area contributed by atoms with Gasteiger partial charge in [0.05, 0.1) is 6.10 Å². The van der Waals surface area contributed by atoms with Gasteiger partial charge in [-0.05, 0) is 47.6 Å². The Kier molecular flexibility index (Phi) is 5.51. The number of ether oxygens (including phenoxy) is 1. The number of hydrogen-bond acceptors (Lipinski definition) is 2. The van der Waals surface area contributed by atoms with Crippen molar-refractivity contribution in [3.63, 3.8) is 0 Å². The molecule has 0 fully saturated rings. The third-order valence-electron chi connectivity index (χ3n) is 1.66. The molecule has 0 rings (SSSR count). The summed E-state index contributed by atoms with van der Waals surface area (Å²) < 4.78 is 5.42. The molecule has 0 heterocycles. The van der Waals surface area contributed by atoms with Crippen molar-refractivity contribution < 1.29 is 4.74 Å². The van der Waals surface area contributed by atoms with E-state index >= 15 is 0 Å². The van der Waals surface area contributed by atoms with Gasteiger partial charge in [-0.2, -0.15) is 0 Å². The summed E-state index contributed by atoms with van der Waals surface area (Å²) in [6, 6.07) is 0. The fourth-order valence-corrected chi connectivity index (χ4v) is 1.02. The lowest BCUT2D eigenvalue weighted by Crippen LogP contribution is -2.37. The smallest absolute Gasteiger partial charge is 0.0558 e. The Balaban J connectivity index is 3.31. The van der Waals surface area contributed by atoms with Crippen LogP contribution in [-0.4, -0.2) is 24.8 Å². The summed E-state index contributed by atoms with van der Waals surface area (Å²) in [6.07, 6.45) is 1.47. The van der Waals surface area contributed by atoms with Crippen molar-refractivity contribution in [1.29, 1.82) is 0 Å². The van der Waals surface area contributed by atoms with E-state index in [4.69, 9.17) is 4.74 Å². The van der Waals surface area contributed by atoms with Crippen molar-refractivity contribution in [2.24, 2.45) is 0 Å². The fraction of sp³-hybridized carbons (Fsp3) is 1.00. The molecule has 1 atom stereocenters. The molecular formula is C10H23NO. The Bertz CT molecular complexity index is 107. The average Bonchev–Trinajstić information content (AvgIpc) is 1.84. The normalized spacial score (nSPS) is 14.8. The van der Waals surface area contributed by atoms with Crippen molar-refractivity contribution in [1.82, 2.24) is 5.32 Å². The van der Waals surface area contributed by atoms with E-state index in [1.54, 1.807) is 0 Å². The Hall–Kier alpha value is -0.0800. The zero-order chi connectivity index (χ0) is 9.61. The second-order valence-electron chi connectivity index (χ2n) is 4.23. The van der Waals surface area contributed by atoms with Crippen LogP contribution in [0.3, 0.4) is 0 Å². The van der Waals surface area contributed by atoms with Crippen LogP contribution in [0.2, 0.25) is 0 Å². The van der Waals surface area contributed by atoms with Crippen LogP contribution in [0.1, 0.15) is 41.0 Å². The molecule has 1 unspecified atom stereocenters. The summed E-state index contributed by atoms with van der Waals surface area (Å²) in [5.74, 6) is 0. The molecule has 0 aliphatic heterocycles. The summed E-state index contributed by atoms with van der Waals surface area (Å²) in [6.45, 7) is 12.5. The summed E-state index contributed by atoms with van der Waals surface area (Å²) in [7, 11) is 0. The SMILES string of the molecule is CCOC(C)CCNC(C)(C)C. The maximum atomic E-state index is 5.42. The minimum atomic E-state index is 0.228. The minimum absolute atomic E-state index is 0.228. The molecule has 12 heavy (non-hydrogen) atoms. The predicted octanol–water partition coefficient (Wildman–Crippen LogP) is 2.19. The zero-order valence-electron chi connectivity index (χ0n) is 9.11. The van der Waals surface area contributed by atoms with Gasteiger partial charge in [0.2, 0.25) is 0 Å². The Morgan fingerprint density at radius 3 is 2.33 bits per heavy atom. The first kappa shape index (κ1) is 11.9. The minimum Gasteiger partial charge on any atom is -0.379 e. The summed E-state index contributed by atoms with van der Waals surface area (Å²) >= 11 is 0. The van der Waals surface area contributed by atoms with Crippen LogP contribution in [-0.2, 0) is 4.74 Å². The molecule has 1 N–H and O–H groups in total. The molecule has 0 aliphatic carbocycles. The average molecular weight is 173 g/mol. The van der Waals surface area contributed by atoms with E-state index in [1.807, 2.05) is 6.92 Å². The highest BCUT2D eigenvalue weighted by molar-refractivity contribution is 4.70. The lowest BCUT2D eigenvalue weighted by Gasteiger charge is -2.21. The molecular weight excluding hydrogens is 150 g/mol. The van der Waals surface area contributed by atoms with Gasteiger partial charge in [-0.15, -0.1) is 0 Å². The van der Waals surface area contributed by atoms with Crippen LogP contribution in [0.15, 0.2) is 0 Å². The quantitative estimate of drug-likeness (QED) is 0.688. The molecule has 0 saturated heterocycles. The van der Waals surface area contributed by atoms with Crippen molar-refractivity contribution in [2.45, 2.75) is 52.7 Å². The zero-order valence-corrected chi connectivity index (χ0v) is 9.11. The molecule has 0 saturated carbocycles. The second kappa shape index (κ2) is 5.55. The van der Waals surface area contributed by atoms with Gasteiger partial charge >= 0.3 is 0 Å². The maximum Gasteiger partial charge on any atom is 0.0558 e. The van der Waals surface area contributed by atoms with E-state index in [0.29, 0.717) is 6.10 Å². The molecule has 0 amide bonds. The summed E-state index contributed by atoms with van der Waals surface area (Å²) in [4.78, 5) is 0. The Labute approximate surface area is 76.7 Å². The molecule has 0 spiro atoms. The van der Waals surface area contributed by atoms with Gasteiger partial charge in [0.15, 0.2) is 0 Å². The van der Waals surface area contributed by atoms with Crippen LogP contribution in [0.25, 0.3) is 0 Å². The number of hydrogen-bond donors (Lipinski definition) is 1. The largest absolute Gasteiger partial charge is 0.379 e. The van der Waals surface area contributed by atoms with Crippen LogP contribution < -0.4 is 5.32 Å². The lowest BCUT2D eigenvalue weighted by atomic mass is 10.1. The predicted molar refractivity (Wildman–Crippen MR) is 53.5 cm³/mol. The van der Waals surface area contributed by atoms with Crippen molar-refractivity contribution >= 4 is 0 Å². The first-order valence-corrected chi connectivity index (χ1v) is 4.82. The molecule has 2 nitrogen and oxygen atoms in total.